The number of pyridine rings is 1. The molecule has 1 aromatic heterocycles. The molecule has 1 atom stereocenters. The standard InChI is InChI=1S/C11H15N3O3S.ClH/c12-10-3-4-13-6-9(10)11(15)14-8-2-1-5-18(16,17)7-8;/h3-4,6,8H,1-2,5,7H2,(H2,12,13)(H,14,15);1H. The first-order valence-electron chi connectivity index (χ1n) is 5.69. The number of carbonyl (C=O) groups excluding carboxylic acids is 1. The Kier molecular flexibility index (Phi) is 5.13. The van der Waals surface area contributed by atoms with E-state index in [1.54, 1.807) is 0 Å². The van der Waals surface area contributed by atoms with Crippen LogP contribution in [0.25, 0.3) is 0 Å². The van der Waals surface area contributed by atoms with Crippen LogP contribution in [0.5, 0.6) is 0 Å². The van der Waals surface area contributed by atoms with Gasteiger partial charge in [-0.15, -0.1) is 12.4 Å². The minimum absolute atomic E-state index is 0. The number of aromatic nitrogens is 1. The molecule has 1 aliphatic rings. The molecule has 0 radical (unpaired) electrons. The fraction of sp³-hybridized carbons (Fsp3) is 0.455. The number of halogens is 1. The summed E-state index contributed by atoms with van der Waals surface area (Å²) >= 11 is 0. The van der Waals surface area contributed by atoms with Crippen molar-refractivity contribution in [1.82, 2.24) is 10.3 Å². The molecule has 1 aromatic rings. The van der Waals surface area contributed by atoms with E-state index in [1.807, 2.05) is 0 Å². The van der Waals surface area contributed by atoms with E-state index >= 15 is 0 Å². The summed E-state index contributed by atoms with van der Waals surface area (Å²) in [6.07, 6.45) is 4.13. The molecule has 1 unspecified atom stereocenters. The largest absolute Gasteiger partial charge is 0.398 e. The zero-order valence-electron chi connectivity index (χ0n) is 10.2. The number of nitrogen functional groups attached to an aromatic ring is 1. The SMILES string of the molecule is Cl.Nc1ccncc1C(=O)NC1CCCS(=O)(=O)C1. The van der Waals surface area contributed by atoms with Crippen LogP contribution in [0.2, 0.25) is 0 Å². The molecular formula is C11H16ClN3O3S. The van der Waals surface area contributed by atoms with E-state index in [1.165, 1.54) is 18.5 Å². The number of hydrogen-bond donors (Lipinski definition) is 2. The van der Waals surface area contributed by atoms with Crippen LogP contribution in [0, 0.1) is 0 Å². The maximum atomic E-state index is 11.9. The van der Waals surface area contributed by atoms with Gasteiger partial charge in [-0.1, -0.05) is 0 Å². The molecule has 0 aliphatic carbocycles. The highest BCUT2D eigenvalue weighted by atomic mass is 35.5. The van der Waals surface area contributed by atoms with Gasteiger partial charge in [-0.05, 0) is 18.9 Å². The lowest BCUT2D eigenvalue weighted by Crippen LogP contribution is -2.43. The van der Waals surface area contributed by atoms with Gasteiger partial charge in [0.05, 0.1) is 17.1 Å². The third-order valence-corrected chi connectivity index (χ3v) is 4.72. The molecular weight excluding hydrogens is 290 g/mol. The van der Waals surface area contributed by atoms with Gasteiger partial charge in [-0.2, -0.15) is 0 Å². The van der Waals surface area contributed by atoms with Crippen LogP contribution >= 0.6 is 12.4 Å². The Morgan fingerprint density at radius 2 is 2.21 bits per heavy atom. The summed E-state index contributed by atoms with van der Waals surface area (Å²) in [5.74, 6) is -0.171. The number of amides is 1. The number of hydrogen-bond acceptors (Lipinski definition) is 5. The fourth-order valence-corrected chi connectivity index (χ4v) is 3.63. The maximum Gasteiger partial charge on any atom is 0.255 e. The first-order chi connectivity index (χ1) is 8.48. The van der Waals surface area contributed by atoms with Crippen LogP contribution in [0.15, 0.2) is 18.5 Å². The quantitative estimate of drug-likeness (QED) is 0.823. The summed E-state index contributed by atoms with van der Waals surface area (Å²) in [5.41, 5.74) is 6.27. The van der Waals surface area contributed by atoms with Gasteiger partial charge in [0, 0.05) is 24.1 Å². The average Bonchev–Trinajstić information content (AvgIpc) is 2.28. The minimum Gasteiger partial charge on any atom is -0.398 e. The van der Waals surface area contributed by atoms with Crippen molar-refractivity contribution in [3.05, 3.63) is 24.0 Å². The van der Waals surface area contributed by atoms with E-state index in [0.717, 1.165) is 0 Å². The number of nitrogens with one attached hydrogen (secondary N) is 1. The van der Waals surface area contributed by atoms with E-state index in [-0.39, 0.29) is 41.4 Å². The molecule has 2 heterocycles. The Balaban J connectivity index is 0.00000180. The molecule has 3 N–H and O–H groups in total. The number of sulfone groups is 1. The van der Waals surface area contributed by atoms with Crippen LogP contribution < -0.4 is 11.1 Å². The zero-order valence-corrected chi connectivity index (χ0v) is 11.8. The Morgan fingerprint density at radius 3 is 2.84 bits per heavy atom. The molecule has 0 saturated carbocycles. The average molecular weight is 306 g/mol. The molecule has 1 saturated heterocycles. The van der Waals surface area contributed by atoms with Gasteiger partial charge in [0.15, 0.2) is 9.84 Å². The Labute approximate surface area is 118 Å². The minimum atomic E-state index is -3.03. The van der Waals surface area contributed by atoms with E-state index in [2.05, 4.69) is 10.3 Å². The van der Waals surface area contributed by atoms with Crippen molar-refractivity contribution in [3.8, 4) is 0 Å². The lowest BCUT2D eigenvalue weighted by molar-refractivity contribution is 0.0939. The van der Waals surface area contributed by atoms with E-state index in [4.69, 9.17) is 5.73 Å². The smallest absolute Gasteiger partial charge is 0.255 e. The molecule has 8 heteroatoms. The van der Waals surface area contributed by atoms with Gasteiger partial charge in [-0.25, -0.2) is 8.42 Å². The number of nitrogens with zero attached hydrogens (tertiary/aromatic N) is 1. The molecule has 2 rings (SSSR count). The van der Waals surface area contributed by atoms with Gasteiger partial charge in [0.1, 0.15) is 0 Å². The highest BCUT2D eigenvalue weighted by Crippen LogP contribution is 2.14. The predicted octanol–water partition coefficient (Wildman–Crippen LogP) is 0.393. The lowest BCUT2D eigenvalue weighted by Gasteiger charge is -2.23. The van der Waals surface area contributed by atoms with E-state index in [9.17, 15) is 13.2 Å². The van der Waals surface area contributed by atoms with Gasteiger partial charge < -0.3 is 11.1 Å². The molecule has 1 amide bonds. The van der Waals surface area contributed by atoms with E-state index in [0.29, 0.717) is 18.5 Å². The summed E-state index contributed by atoms with van der Waals surface area (Å²) in [5, 5.41) is 2.69. The second kappa shape index (κ2) is 6.21. The highest BCUT2D eigenvalue weighted by Gasteiger charge is 2.26. The number of anilines is 1. The van der Waals surface area contributed by atoms with Crippen molar-refractivity contribution in [1.29, 1.82) is 0 Å². The first-order valence-corrected chi connectivity index (χ1v) is 7.51. The second-order valence-electron chi connectivity index (χ2n) is 4.39. The van der Waals surface area contributed by atoms with E-state index < -0.39 is 9.84 Å². The molecule has 0 spiro atoms. The summed E-state index contributed by atoms with van der Waals surface area (Å²) in [6.45, 7) is 0. The van der Waals surface area contributed by atoms with Crippen LogP contribution in [0.4, 0.5) is 5.69 Å². The lowest BCUT2D eigenvalue weighted by atomic mass is 10.1. The maximum absolute atomic E-state index is 11.9. The number of carbonyl (C=O) groups is 1. The molecule has 1 aliphatic heterocycles. The topological polar surface area (TPSA) is 102 Å². The normalized spacial score (nSPS) is 21.2. The summed E-state index contributed by atoms with van der Waals surface area (Å²) < 4.78 is 22.9. The Morgan fingerprint density at radius 1 is 1.47 bits per heavy atom. The molecule has 19 heavy (non-hydrogen) atoms. The second-order valence-corrected chi connectivity index (χ2v) is 6.62. The molecule has 0 bridgehead atoms. The third-order valence-electron chi connectivity index (χ3n) is 2.90. The number of rotatable bonds is 2. The molecule has 106 valence electrons. The van der Waals surface area contributed by atoms with Crippen molar-refractivity contribution < 1.29 is 13.2 Å². The van der Waals surface area contributed by atoms with Crippen LogP contribution in [-0.4, -0.2) is 36.9 Å². The van der Waals surface area contributed by atoms with Crippen molar-refractivity contribution in [2.45, 2.75) is 18.9 Å². The van der Waals surface area contributed by atoms with Gasteiger partial charge in [0.2, 0.25) is 0 Å². The first kappa shape index (κ1) is 15.7. The van der Waals surface area contributed by atoms with Crippen LogP contribution in [0.1, 0.15) is 23.2 Å². The summed E-state index contributed by atoms with van der Waals surface area (Å²) in [7, 11) is -3.03. The molecule has 0 aromatic carbocycles. The van der Waals surface area contributed by atoms with Crippen molar-refractivity contribution in [2.24, 2.45) is 0 Å². The Bertz CT molecular complexity index is 562. The number of nitrogens with two attached hydrogens (primary N) is 1. The molecule has 6 nitrogen and oxygen atoms in total. The third kappa shape index (κ3) is 4.07. The van der Waals surface area contributed by atoms with Gasteiger partial charge in [-0.3, -0.25) is 9.78 Å². The van der Waals surface area contributed by atoms with Crippen molar-refractivity contribution in [2.75, 3.05) is 17.2 Å². The van der Waals surface area contributed by atoms with Crippen LogP contribution in [-0.2, 0) is 9.84 Å². The Hall–Kier alpha value is -1.34. The van der Waals surface area contributed by atoms with Gasteiger partial charge >= 0.3 is 0 Å². The fourth-order valence-electron chi connectivity index (χ4n) is 1.99. The van der Waals surface area contributed by atoms with Crippen molar-refractivity contribution >= 4 is 33.8 Å². The predicted molar refractivity (Wildman–Crippen MR) is 75.0 cm³/mol. The summed E-state index contributed by atoms with van der Waals surface area (Å²) in [6, 6.07) is 1.20. The summed E-state index contributed by atoms with van der Waals surface area (Å²) in [4.78, 5) is 15.7. The monoisotopic (exact) mass is 305 g/mol. The van der Waals surface area contributed by atoms with Crippen LogP contribution in [0.3, 0.4) is 0 Å². The van der Waals surface area contributed by atoms with Gasteiger partial charge in [0.25, 0.3) is 5.91 Å². The zero-order chi connectivity index (χ0) is 13.2. The highest BCUT2D eigenvalue weighted by molar-refractivity contribution is 7.91. The van der Waals surface area contributed by atoms with Crippen molar-refractivity contribution in [3.63, 3.8) is 0 Å². The molecule has 1 fully saturated rings.